The van der Waals surface area contributed by atoms with Gasteiger partial charge >= 0.3 is 5.97 Å². The molecule has 4 heteroatoms. The molecule has 0 aromatic heterocycles. The molecule has 2 aromatic carbocycles. The molecule has 152 valence electrons. The highest BCUT2D eigenvalue weighted by molar-refractivity contribution is 5.90. The van der Waals surface area contributed by atoms with Crippen molar-refractivity contribution in [1.82, 2.24) is 4.90 Å². The van der Waals surface area contributed by atoms with Crippen LogP contribution in [0.2, 0.25) is 0 Å². The molecule has 0 bridgehead atoms. The fourth-order valence-electron chi connectivity index (χ4n) is 4.93. The summed E-state index contributed by atoms with van der Waals surface area (Å²) in [4.78, 5) is 15.0. The molecular weight excluding hydrogens is 362 g/mol. The molecule has 1 aliphatic heterocycles. The Morgan fingerprint density at radius 1 is 1.14 bits per heavy atom. The number of carbonyl (C=O) groups is 1. The van der Waals surface area contributed by atoms with E-state index in [1.807, 2.05) is 31.2 Å². The molecule has 4 rings (SSSR count). The third-order valence-corrected chi connectivity index (χ3v) is 6.56. The third kappa shape index (κ3) is 3.58. The van der Waals surface area contributed by atoms with E-state index in [0.717, 1.165) is 48.4 Å². The Balaban J connectivity index is 1.61. The van der Waals surface area contributed by atoms with E-state index in [1.54, 1.807) is 7.11 Å². The van der Waals surface area contributed by atoms with Crippen molar-refractivity contribution in [3.8, 4) is 5.75 Å². The molecule has 2 atom stereocenters. The summed E-state index contributed by atoms with van der Waals surface area (Å²) in [5.41, 5.74) is 4.24. The van der Waals surface area contributed by atoms with Gasteiger partial charge in [0.25, 0.3) is 0 Å². The van der Waals surface area contributed by atoms with Gasteiger partial charge in [0, 0.05) is 17.9 Å². The smallest absolute Gasteiger partial charge is 0.343 e. The van der Waals surface area contributed by atoms with E-state index >= 15 is 0 Å². The summed E-state index contributed by atoms with van der Waals surface area (Å²) in [5.74, 6) is 1.44. The highest BCUT2D eigenvalue weighted by Gasteiger charge is 2.48. The quantitative estimate of drug-likeness (QED) is 0.703. The van der Waals surface area contributed by atoms with Gasteiger partial charge in [-0.2, -0.15) is 0 Å². The number of likely N-dealkylation sites (tertiary alicyclic amines) is 1. The molecule has 1 fully saturated rings. The minimum Gasteiger partial charge on any atom is -0.496 e. The molecule has 1 saturated heterocycles. The SMILES string of the molecule is COc1ccc([C@@]23CCC(OC(=O)c4cccc(C)c4)=C[C@@H]2N(C)CC3)cc1C. The average molecular weight is 392 g/mol. The van der Waals surface area contributed by atoms with Gasteiger partial charge in [-0.3, -0.25) is 4.90 Å². The summed E-state index contributed by atoms with van der Waals surface area (Å²) in [5, 5.41) is 0. The topological polar surface area (TPSA) is 38.8 Å². The largest absolute Gasteiger partial charge is 0.496 e. The minimum absolute atomic E-state index is 0.0605. The average Bonchev–Trinajstić information content (AvgIpc) is 3.05. The van der Waals surface area contributed by atoms with Crippen LogP contribution in [0, 0.1) is 13.8 Å². The number of allylic oxidation sites excluding steroid dienone is 1. The molecule has 1 heterocycles. The number of likely N-dealkylation sites (N-methyl/N-ethyl adjacent to an activating group) is 1. The maximum absolute atomic E-state index is 12.6. The summed E-state index contributed by atoms with van der Waals surface area (Å²) in [7, 11) is 3.87. The first kappa shape index (κ1) is 19.7. The minimum atomic E-state index is -0.270. The van der Waals surface area contributed by atoms with E-state index in [9.17, 15) is 4.79 Å². The number of hydrogen-bond acceptors (Lipinski definition) is 4. The molecule has 0 saturated carbocycles. The highest BCUT2D eigenvalue weighted by atomic mass is 16.5. The normalized spacial score (nSPS) is 24.0. The summed E-state index contributed by atoms with van der Waals surface area (Å²) < 4.78 is 11.3. The van der Waals surface area contributed by atoms with Gasteiger partial charge in [0.05, 0.1) is 12.7 Å². The maximum atomic E-state index is 12.6. The van der Waals surface area contributed by atoms with E-state index in [4.69, 9.17) is 9.47 Å². The van der Waals surface area contributed by atoms with Crippen LogP contribution < -0.4 is 4.74 Å². The summed E-state index contributed by atoms with van der Waals surface area (Å²) in [6.07, 6.45) is 5.02. The molecule has 0 unspecified atom stereocenters. The number of carbonyl (C=O) groups excluding carboxylic acids is 1. The number of benzene rings is 2. The van der Waals surface area contributed by atoms with Crippen LogP contribution in [-0.4, -0.2) is 37.6 Å². The van der Waals surface area contributed by atoms with Crippen LogP contribution in [0.15, 0.2) is 54.3 Å². The second kappa shape index (κ2) is 7.68. The van der Waals surface area contributed by atoms with Crippen molar-refractivity contribution in [1.29, 1.82) is 0 Å². The molecule has 2 aliphatic rings. The lowest BCUT2D eigenvalue weighted by Gasteiger charge is -2.40. The van der Waals surface area contributed by atoms with Crippen LogP contribution in [-0.2, 0) is 10.2 Å². The zero-order chi connectivity index (χ0) is 20.6. The first-order valence-electron chi connectivity index (χ1n) is 10.3. The number of esters is 1. The first-order chi connectivity index (χ1) is 13.9. The Hall–Kier alpha value is -2.59. The van der Waals surface area contributed by atoms with Gasteiger partial charge in [0.15, 0.2) is 0 Å². The second-order valence-electron chi connectivity index (χ2n) is 8.41. The maximum Gasteiger partial charge on any atom is 0.343 e. The predicted octanol–water partition coefficient (Wildman–Crippen LogP) is 4.79. The second-order valence-corrected chi connectivity index (χ2v) is 8.41. The Bertz CT molecular complexity index is 964. The van der Waals surface area contributed by atoms with Gasteiger partial charge in [-0.25, -0.2) is 4.79 Å². The standard InChI is InChI=1S/C25H29NO3/c1-17-6-5-7-19(14-17)24(27)29-21-10-11-25(12-13-26(3)23(25)16-21)20-8-9-22(28-4)18(2)15-20/h5-9,14-16,23H,10-13H2,1-4H3/t23-,25-/m0/s1. The lowest BCUT2D eigenvalue weighted by Crippen LogP contribution is -2.42. The molecule has 0 N–H and O–H groups in total. The Morgan fingerprint density at radius 2 is 1.97 bits per heavy atom. The van der Waals surface area contributed by atoms with Crippen molar-refractivity contribution in [2.45, 2.75) is 44.6 Å². The van der Waals surface area contributed by atoms with E-state index in [2.05, 4.69) is 43.1 Å². The van der Waals surface area contributed by atoms with Crippen LogP contribution >= 0.6 is 0 Å². The van der Waals surface area contributed by atoms with Crippen molar-refractivity contribution < 1.29 is 14.3 Å². The highest BCUT2D eigenvalue weighted by Crippen LogP contribution is 2.48. The molecule has 29 heavy (non-hydrogen) atoms. The van der Waals surface area contributed by atoms with Gasteiger partial charge in [0.1, 0.15) is 11.5 Å². The first-order valence-corrected chi connectivity index (χ1v) is 10.3. The third-order valence-electron chi connectivity index (χ3n) is 6.56. The number of fused-ring (bicyclic) bond motifs is 1. The van der Waals surface area contributed by atoms with E-state index in [0.29, 0.717) is 5.56 Å². The molecule has 0 radical (unpaired) electrons. The zero-order valence-electron chi connectivity index (χ0n) is 17.7. The van der Waals surface area contributed by atoms with Gasteiger partial charge in [0.2, 0.25) is 0 Å². The number of ether oxygens (including phenoxy) is 2. The van der Waals surface area contributed by atoms with Gasteiger partial charge in [-0.15, -0.1) is 0 Å². The van der Waals surface area contributed by atoms with E-state index in [1.165, 1.54) is 5.56 Å². The zero-order valence-corrected chi connectivity index (χ0v) is 17.7. The van der Waals surface area contributed by atoms with Gasteiger partial charge in [-0.05, 0) is 75.7 Å². The van der Waals surface area contributed by atoms with E-state index < -0.39 is 0 Å². The van der Waals surface area contributed by atoms with Crippen molar-refractivity contribution in [3.63, 3.8) is 0 Å². The van der Waals surface area contributed by atoms with Crippen LogP contribution in [0.3, 0.4) is 0 Å². The summed E-state index contributed by atoms with van der Waals surface area (Å²) in [6.45, 7) is 5.11. The number of nitrogens with zero attached hydrogens (tertiary/aromatic N) is 1. The Morgan fingerprint density at radius 3 is 2.69 bits per heavy atom. The van der Waals surface area contributed by atoms with Crippen molar-refractivity contribution in [2.24, 2.45) is 0 Å². The lowest BCUT2D eigenvalue weighted by atomic mass is 9.68. The number of methoxy groups -OCH3 is 1. The Kier molecular flexibility index (Phi) is 5.22. The van der Waals surface area contributed by atoms with Crippen LogP contribution in [0.1, 0.15) is 46.3 Å². The molecule has 4 nitrogen and oxygen atoms in total. The molecule has 2 aromatic rings. The fraction of sp³-hybridized carbons (Fsp3) is 0.400. The number of aryl methyl sites for hydroxylation is 2. The lowest BCUT2D eigenvalue weighted by molar-refractivity contribution is 0.0593. The van der Waals surface area contributed by atoms with Crippen LogP contribution in [0.25, 0.3) is 0 Å². The summed E-state index contributed by atoms with van der Waals surface area (Å²) >= 11 is 0. The van der Waals surface area contributed by atoms with Gasteiger partial charge in [-0.1, -0.05) is 29.8 Å². The van der Waals surface area contributed by atoms with Crippen molar-refractivity contribution in [3.05, 3.63) is 76.6 Å². The molecule has 0 amide bonds. The van der Waals surface area contributed by atoms with Gasteiger partial charge < -0.3 is 9.47 Å². The monoisotopic (exact) mass is 391 g/mol. The molecular formula is C25H29NO3. The number of rotatable bonds is 4. The molecule has 0 spiro atoms. The predicted molar refractivity (Wildman–Crippen MR) is 114 cm³/mol. The Labute approximate surface area is 173 Å². The van der Waals surface area contributed by atoms with Crippen molar-refractivity contribution >= 4 is 5.97 Å². The fourth-order valence-corrected chi connectivity index (χ4v) is 4.93. The number of hydrogen-bond donors (Lipinski definition) is 0. The summed E-state index contributed by atoms with van der Waals surface area (Å²) in [6, 6.07) is 14.3. The van der Waals surface area contributed by atoms with Crippen LogP contribution in [0.5, 0.6) is 5.75 Å². The van der Waals surface area contributed by atoms with Crippen molar-refractivity contribution in [2.75, 3.05) is 20.7 Å². The van der Waals surface area contributed by atoms with Crippen LogP contribution in [0.4, 0.5) is 0 Å². The van der Waals surface area contributed by atoms with E-state index in [-0.39, 0.29) is 17.4 Å². The molecule has 1 aliphatic carbocycles.